The third-order valence-corrected chi connectivity index (χ3v) is 3.08. The van der Waals surface area contributed by atoms with Crippen molar-refractivity contribution in [3.05, 3.63) is 42.2 Å². The maximum absolute atomic E-state index is 12.1. The molecule has 2 aromatic rings. The fourth-order valence-electron chi connectivity index (χ4n) is 1.76. The number of nitrogens with one attached hydrogen (secondary N) is 1. The van der Waals surface area contributed by atoms with Gasteiger partial charge in [-0.15, -0.1) is 0 Å². The van der Waals surface area contributed by atoms with Crippen molar-refractivity contribution in [2.24, 2.45) is 18.7 Å². The third-order valence-electron chi connectivity index (χ3n) is 3.08. The fraction of sp³-hybridized carbons (Fsp3) is 0.308. The van der Waals surface area contributed by atoms with Crippen LogP contribution in [0.5, 0.6) is 0 Å². The molecule has 2 atom stereocenters. The van der Waals surface area contributed by atoms with Crippen LogP contribution in [0.25, 0.3) is 0 Å². The molecule has 0 radical (unpaired) electrons. The van der Waals surface area contributed by atoms with E-state index in [-0.39, 0.29) is 17.9 Å². The van der Waals surface area contributed by atoms with E-state index in [9.17, 15) is 4.79 Å². The molecule has 0 fully saturated rings. The molecule has 2 unspecified atom stereocenters. The van der Waals surface area contributed by atoms with Crippen molar-refractivity contribution in [2.45, 2.75) is 13.0 Å². The molecule has 1 amide bonds. The number of hydrogen-bond acceptors (Lipinski definition) is 4. The Labute approximate surface area is 111 Å². The molecule has 0 saturated carbocycles. The lowest BCUT2D eigenvalue weighted by atomic mass is 9.95. The van der Waals surface area contributed by atoms with Gasteiger partial charge in [0.1, 0.15) is 6.33 Å². The van der Waals surface area contributed by atoms with E-state index in [1.165, 1.54) is 11.0 Å². The molecule has 0 bridgehead atoms. The van der Waals surface area contributed by atoms with E-state index in [4.69, 9.17) is 5.73 Å². The van der Waals surface area contributed by atoms with E-state index in [1.54, 1.807) is 14.0 Å². The molecule has 1 aromatic carbocycles. The van der Waals surface area contributed by atoms with Gasteiger partial charge in [-0.2, -0.15) is 10.1 Å². The lowest BCUT2D eigenvalue weighted by Crippen LogP contribution is -2.31. The summed E-state index contributed by atoms with van der Waals surface area (Å²) in [6, 6.07) is 9.20. The van der Waals surface area contributed by atoms with Crippen molar-refractivity contribution in [1.82, 2.24) is 14.8 Å². The molecule has 100 valence electrons. The Bertz CT molecular complexity index is 551. The van der Waals surface area contributed by atoms with E-state index in [0.717, 1.165) is 5.56 Å². The molecule has 6 heteroatoms. The summed E-state index contributed by atoms with van der Waals surface area (Å²) in [5.74, 6) is -0.122. The first-order valence-electron chi connectivity index (χ1n) is 6.05. The zero-order chi connectivity index (χ0) is 13.8. The first kappa shape index (κ1) is 13.2. The highest BCUT2D eigenvalue weighted by Gasteiger charge is 2.23. The standard InChI is InChI=1S/C13H17N5O/c1-9(11(14)10-6-4-3-5-7-10)12(19)17-13-15-8-16-18(13)2/h3-9,11H,14H2,1-2H3,(H,15,16,17,19). The molecule has 0 aliphatic heterocycles. The van der Waals surface area contributed by atoms with Crippen molar-refractivity contribution < 1.29 is 4.79 Å². The number of anilines is 1. The lowest BCUT2D eigenvalue weighted by molar-refractivity contribution is -0.120. The Morgan fingerprint density at radius 2 is 2.05 bits per heavy atom. The van der Waals surface area contributed by atoms with Gasteiger partial charge in [-0.1, -0.05) is 37.3 Å². The molecule has 6 nitrogen and oxygen atoms in total. The van der Waals surface area contributed by atoms with Crippen molar-refractivity contribution >= 4 is 11.9 Å². The first-order valence-corrected chi connectivity index (χ1v) is 6.05. The zero-order valence-electron chi connectivity index (χ0n) is 10.9. The van der Waals surface area contributed by atoms with E-state index < -0.39 is 0 Å². The number of nitrogens with zero attached hydrogens (tertiary/aromatic N) is 3. The number of benzene rings is 1. The molecule has 0 aliphatic carbocycles. The normalized spacial score (nSPS) is 13.8. The van der Waals surface area contributed by atoms with Crippen LogP contribution in [0.2, 0.25) is 0 Å². The summed E-state index contributed by atoms with van der Waals surface area (Å²) in [4.78, 5) is 16.1. The lowest BCUT2D eigenvalue weighted by Gasteiger charge is -2.19. The number of amides is 1. The van der Waals surface area contributed by atoms with Crippen LogP contribution in [0.3, 0.4) is 0 Å². The summed E-state index contributed by atoms with van der Waals surface area (Å²) in [7, 11) is 1.71. The molecular formula is C13H17N5O. The summed E-state index contributed by atoms with van der Waals surface area (Å²) in [5, 5.41) is 6.60. The average Bonchev–Trinajstić information content (AvgIpc) is 2.83. The van der Waals surface area contributed by atoms with Crippen LogP contribution >= 0.6 is 0 Å². The van der Waals surface area contributed by atoms with Gasteiger partial charge in [-0.05, 0) is 5.56 Å². The smallest absolute Gasteiger partial charge is 0.231 e. The zero-order valence-corrected chi connectivity index (χ0v) is 10.9. The number of aromatic nitrogens is 3. The van der Waals surface area contributed by atoms with Crippen LogP contribution in [0.1, 0.15) is 18.5 Å². The van der Waals surface area contributed by atoms with E-state index >= 15 is 0 Å². The van der Waals surface area contributed by atoms with E-state index in [2.05, 4.69) is 15.4 Å². The SMILES string of the molecule is CC(C(=O)Nc1ncnn1C)C(N)c1ccccc1. The molecule has 19 heavy (non-hydrogen) atoms. The minimum Gasteiger partial charge on any atom is -0.323 e. The highest BCUT2D eigenvalue weighted by Crippen LogP contribution is 2.20. The summed E-state index contributed by atoms with van der Waals surface area (Å²) < 4.78 is 1.50. The van der Waals surface area contributed by atoms with E-state index in [0.29, 0.717) is 5.95 Å². The molecule has 0 aliphatic rings. The molecule has 0 saturated heterocycles. The summed E-state index contributed by atoms with van der Waals surface area (Å²) >= 11 is 0. The topological polar surface area (TPSA) is 85.8 Å². The average molecular weight is 259 g/mol. The number of carbonyl (C=O) groups is 1. The first-order chi connectivity index (χ1) is 9.09. The number of hydrogen-bond donors (Lipinski definition) is 2. The molecular weight excluding hydrogens is 242 g/mol. The maximum atomic E-state index is 12.1. The Kier molecular flexibility index (Phi) is 3.91. The van der Waals surface area contributed by atoms with Gasteiger partial charge in [0.15, 0.2) is 0 Å². The van der Waals surface area contributed by atoms with Gasteiger partial charge >= 0.3 is 0 Å². The Hall–Kier alpha value is -2.21. The van der Waals surface area contributed by atoms with Gasteiger partial charge in [0, 0.05) is 13.1 Å². The van der Waals surface area contributed by atoms with Crippen molar-refractivity contribution in [1.29, 1.82) is 0 Å². The predicted octanol–water partition coefficient (Wildman–Crippen LogP) is 1.09. The highest BCUT2D eigenvalue weighted by atomic mass is 16.2. The third kappa shape index (κ3) is 2.97. The van der Waals surface area contributed by atoms with Crippen molar-refractivity contribution in [3.63, 3.8) is 0 Å². The summed E-state index contributed by atoms with van der Waals surface area (Å²) in [6.07, 6.45) is 1.39. The number of carbonyl (C=O) groups excluding carboxylic acids is 1. The second-order valence-electron chi connectivity index (χ2n) is 4.42. The fourth-order valence-corrected chi connectivity index (χ4v) is 1.76. The maximum Gasteiger partial charge on any atom is 0.231 e. The van der Waals surface area contributed by atoms with Crippen molar-refractivity contribution in [2.75, 3.05) is 5.32 Å². The van der Waals surface area contributed by atoms with Crippen LogP contribution in [-0.4, -0.2) is 20.7 Å². The monoisotopic (exact) mass is 259 g/mol. The summed E-state index contributed by atoms with van der Waals surface area (Å²) in [6.45, 7) is 1.80. The largest absolute Gasteiger partial charge is 0.323 e. The quantitative estimate of drug-likeness (QED) is 0.860. The second-order valence-corrected chi connectivity index (χ2v) is 4.42. The highest BCUT2D eigenvalue weighted by molar-refractivity contribution is 5.91. The van der Waals surface area contributed by atoms with Gasteiger partial charge < -0.3 is 5.73 Å². The number of aryl methyl sites for hydroxylation is 1. The van der Waals surface area contributed by atoms with Gasteiger partial charge in [-0.25, -0.2) is 4.68 Å². The molecule has 2 rings (SSSR count). The number of rotatable bonds is 4. The van der Waals surface area contributed by atoms with Crippen LogP contribution in [0, 0.1) is 5.92 Å². The molecule has 3 N–H and O–H groups in total. The Balaban J connectivity index is 2.05. The van der Waals surface area contributed by atoms with Crippen LogP contribution in [0.4, 0.5) is 5.95 Å². The van der Waals surface area contributed by atoms with E-state index in [1.807, 2.05) is 30.3 Å². The minimum absolute atomic E-state index is 0.174. The van der Waals surface area contributed by atoms with Gasteiger partial charge in [0.25, 0.3) is 0 Å². The molecule has 1 heterocycles. The van der Waals surface area contributed by atoms with Gasteiger partial charge in [-0.3, -0.25) is 10.1 Å². The minimum atomic E-state index is -0.362. The number of nitrogens with two attached hydrogens (primary N) is 1. The molecule has 0 spiro atoms. The van der Waals surface area contributed by atoms with Crippen LogP contribution < -0.4 is 11.1 Å². The van der Waals surface area contributed by atoms with Crippen molar-refractivity contribution in [3.8, 4) is 0 Å². The predicted molar refractivity (Wildman–Crippen MR) is 72.2 cm³/mol. The summed E-state index contributed by atoms with van der Waals surface area (Å²) in [5.41, 5.74) is 7.04. The van der Waals surface area contributed by atoms with Gasteiger partial charge in [0.2, 0.25) is 11.9 Å². The molecule has 1 aromatic heterocycles. The Morgan fingerprint density at radius 1 is 1.37 bits per heavy atom. The van der Waals surface area contributed by atoms with Crippen LogP contribution in [-0.2, 0) is 11.8 Å². The van der Waals surface area contributed by atoms with Gasteiger partial charge in [0.05, 0.1) is 5.92 Å². The Morgan fingerprint density at radius 3 is 2.63 bits per heavy atom. The second kappa shape index (κ2) is 5.62. The van der Waals surface area contributed by atoms with Crippen LogP contribution in [0.15, 0.2) is 36.7 Å².